The van der Waals surface area contributed by atoms with E-state index in [0.717, 1.165) is 30.6 Å². The Hall–Kier alpha value is -2.59. The first-order valence-corrected chi connectivity index (χ1v) is 8.64. The van der Waals surface area contributed by atoms with Gasteiger partial charge in [-0.3, -0.25) is 4.90 Å². The van der Waals surface area contributed by atoms with Crippen LogP contribution in [-0.2, 0) is 13.1 Å². The lowest BCUT2D eigenvalue weighted by Crippen LogP contribution is -2.29. The molecule has 128 valence electrons. The highest BCUT2D eigenvalue weighted by Gasteiger charge is 2.28. The van der Waals surface area contributed by atoms with Crippen molar-refractivity contribution in [1.82, 2.24) is 9.47 Å². The van der Waals surface area contributed by atoms with E-state index in [9.17, 15) is 9.50 Å². The molecule has 0 saturated carbocycles. The Labute approximate surface area is 147 Å². The summed E-state index contributed by atoms with van der Waals surface area (Å²) in [5, 5.41) is 10.2. The number of para-hydroxylation sites is 1. The van der Waals surface area contributed by atoms with Gasteiger partial charge in [-0.1, -0.05) is 30.3 Å². The minimum atomic E-state index is -0.220. The molecular weight excluding hydrogens is 315 g/mol. The summed E-state index contributed by atoms with van der Waals surface area (Å²) in [7, 11) is 0. The van der Waals surface area contributed by atoms with Gasteiger partial charge in [0.1, 0.15) is 11.6 Å². The Bertz CT molecular complexity index is 874. The molecule has 0 amide bonds. The van der Waals surface area contributed by atoms with Crippen LogP contribution < -0.4 is 0 Å². The molecule has 3 aromatic rings. The van der Waals surface area contributed by atoms with E-state index in [0.29, 0.717) is 12.3 Å². The number of phenols is 1. The average Bonchev–Trinajstić information content (AvgIpc) is 2.98. The van der Waals surface area contributed by atoms with E-state index in [2.05, 4.69) is 21.7 Å². The van der Waals surface area contributed by atoms with E-state index in [1.165, 1.54) is 11.8 Å². The normalized spacial score (nSPS) is 17.9. The van der Waals surface area contributed by atoms with Gasteiger partial charge in [0.15, 0.2) is 0 Å². The van der Waals surface area contributed by atoms with Crippen molar-refractivity contribution in [2.45, 2.75) is 25.6 Å². The van der Waals surface area contributed by atoms with E-state index in [4.69, 9.17) is 0 Å². The van der Waals surface area contributed by atoms with Gasteiger partial charge >= 0.3 is 0 Å². The summed E-state index contributed by atoms with van der Waals surface area (Å²) in [5.41, 5.74) is 3.00. The van der Waals surface area contributed by atoms with Crippen LogP contribution in [0.4, 0.5) is 4.39 Å². The summed E-state index contributed by atoms with van der Waals surface area (Å²) in [6, 6.07) is 18.4. The van der Waals surface area contributed by atoms with Crippen LogP contribution in [-0.4, -0.2) is 21.1 Å². The zero-order valence-electron chi connectivity index (χ0n) is 14.0. The van der Waals surface area contributed by atoms with Crippen LogP contribution in [0.3, 0.4) is 0 Å². The van der Waals surface area contributed by atoms with E-state index in [1.54, 1.807) is 18.2 Å². The van der Waals surface area contributed by atoms with E-state index in [-0.39, 0.29) is 11.9 Å². The predicted octanol–water partition coefficient (Wildman–Crippen LogP) is 4.33. The zero-order valence-corrected chi connectivity index (χ0v) is 14.0. The largest absolute Gasteiger partial charge is 0.508 e. The van der Waals surface area contributed by atoms with Gasteiger partial charge in [-0.05, 0) is 42.3 Å². The second kappa shape index (κ2) is 6.73. The Morgan fingerprint density at radius 2 is 1.88 bits per heavy atom. The first-order chi connectivity index (χ1) is 12.2. The van der Waals surface area contributed by atoms with Gasteiger partial charge in [-0.2, -0.15) is 0 Å². The van der Waals surface area contributed by atoms with Crippen molar-refractivity contribution in [3.63, 3.8) is 0 Å². The summed E-state index contributed by atoms with van der Waals surface area (Å²) in [6.45, 7) is 2.46. The third-order valence-corrected chi connectivity index (χ3v) is 4.88. The Balaban J connectivity index is 1.77. The standard InChI is InChI=1S/C21H21FN2O/c22-18-8-3-7-16(14-18)21-19-9-4-11-23(19)12-5-13-24(21)15-17-6-1-2-10-20(17)25/h1-4,6-11,14,21,25H,5,12-13,15H2/t21-/m1/s1. The molecule has 1 N–H and O–H groups in total. The quantitative estimate of drug-likeness (QED) is 0.771. The van der Waals surface area contributed by atoms with Crippen LogP contribution in [0.2, 0.25) is 0 Å². The molecule has 3 nitrogen and oxygen atoms in total. The van der Waals surface area contributed by atoms with Gasteiger partial charge in [0.2, 0.25) is 0 Å². The fraction of sp³-hybridized carbons (Fsp3) is 0.238. The highest BCUT2D eigenvalue weighted by atomic mass is 19.1. The summed E-state index contributed by atoms with van der Waals surface area (Å²) >= 11 is 0. The molecule has 0 radical (unpaired) electrons. The van der Waals surface area contributed by atoms with Crippen molar-refractivity contribution < 1.29 is 9.50 Å². The number of aromatic hydroxyl groups is 1. The first kappa shape index (κ1) is 15.9. The maximum atomic E-state index is 13.9. The molecule has 4 heteroatoms. The molecule has 0 fully saturated rings. The van der Waals surface area contributed by atoms with Crippen LogP contribution in [0.5, 0.6) is 5.75 Å². The van der Waals surface area contributed by atoms with Gasteiger partial charge in [-0.25, -0.2) is 4.39 Å². The van der Waals surface area contributed by atoms with Crippen LogP contribution in [0, 0.1) is 5.82 Å². The number of fused-ring (bicyclic) bond motifs is 1. The topological polar surface area (TPSA) is 28.4 Å². The van der Waals surface area contributed by atoms with Gasteiger partial charge in [-0.15, -0.1) is 0 Å². The maximum absolute atomic E-state index is 13.9. The van der Waals surface area contributed by atoms with Crippen LogP contribution >= 0.6 is 0 Å². The maximum Gasteiger partial charge on any atom is 0.123 e. The predicted molar refractivity (Wildman–Crippen MR) is 95.8 cm³/mol. The molecular formula is C21H21FN2O. The molecule has 1 aromatic heterocycles. The van der Waals surface area contributed by atoms with E-state index in [1.807, 2.05) is 30.3 Å². The smallest absolute Gasteiger partial charge is 0.123 e. The lowest BCUT2D eigenvalue weighted by Gasteiger charge is -2.31. The minimum absolute atomic E-state index is 0.0344. The zero-order chi connectivity index (χ0) is 17.2. The lowest BCUT2D eigenvalue weighted by molar-refractivity contribution is 0.217. The molecule has 0 spiro atoms. The third kappa shape index (κ3) is 3.17. The molecule has 0 bridgehead atoms. The van der Waals surface area contributed by atoms with Crippen molar-refractivity contribution in [3.05, 3.63) is 89.5 Å². The number of phenolic OH excluding ortho intramolecular Hbond substituents is 1. The van der Waals surface area contributed by atoms with Crippen molar-refractivity contribution in [3.8, 4) is 5.75 Å². The molecule has 0 saturated heterocycles. The molecule has 2 aromatic carbocycles. The van der Waals surface area contributed by atoms with Gasteiger partial charge < -0.3 is 9.67 Å². The summed E-state index contributed by atoms with van der Waals surface area (Å²) < 4.78 is 16.1. The Kier molecular flexibility index (Phi) is 4.28. The van der Waals surface area contributed by atoms with E-state index >= 15 is 0 Å². The fourth-order valence-electron chi connectivity index (χ4n) is 3.73. The monoisotopic (exact) mass is 336 g/mol. The number of nitrogens with zero attached hydrogens (tertiary/aromatic N) is 2. The molecule has 25 heavy (non-hydrogen) atoms. The molecule has 1 aliphatic heterocycles. The summed E-state index contributed by atoms with van der Waals surface area (Å²) in [6.07, 6.45) is 3.10. The number of hydrogen-bond acceptors (Lipinski definition) is 2. The summed E-state index contributed by atoms with van der Waals surface area (Å²) in [5.74, 6) is 0.0856. The molecule has 1 atom stereocenters. The van der Waals surface area contributed by atoms with Crippen LogP contribution in [0.15, 0.2) is 66.9 Å². The molecule has 2 heterocycles. The van der Waals surface area contributed by atoms with Crippen molar-refractivity contribution in [2.24, 2.45) is 0 Å². The SMILES string of the molecule is Oc1ccccc1CN1CCCn2cccc2[C@H]1c1cccc(F)c1. The van der Waals surface area contributed by atoms with Crippen molar-refractivity contribution in [1.29, 1.82) is 0 Å². The molecule has 0 aliphatic carbocycles. The average molecular weight is 336 g/mol. The first-order valence-electron chi connectivity index (χ1n) is 8.64. The number of hydrogen-bond donors (Lipinski definition) is 1. The number of benzene rings is 2. The Morgan fingerprint density at radius 3 is 2.72 bits per heavy atom. The second-order valence-corrected chi connectivity index (χ2v) is 6.54. The van der Waals surface area contributed by atoms with Crippen LogP contribution in [0.25, 0.3) is 0 Å². The Morgan fingerprint density at radius 1 is 1.00 bits per heavy atom. The van der Waals surface area contributed by atoms with Gasteiger partial charge in [0.05, 0.1) is 6.04 Å². The third-order valence-electron chi connectivity index (χ3n) is 4.88. The highest BCUT2D eigenvalue weighted by Crippen LogP contribution is 2.34. The van der Waals surface area contributed by atoms with Crippen LogP contribution in [0.1, 0.15) is 29.3 Å². The van der Waals surface area contributed by atoms with Crippen molar-refractivity contribution in [2.75, 3.05) is 6.54 Å². The van der Waals surface area contributed by atoms with Crippen molar-refractivity contribution >= 4 is 0 Å². The number of aryl methyl sites for hydroxylation is 1. The minimum Gasteiger partial charge on any atom is -0.508 e. The molecule has 1 aliphatic rings. The second-order valence-electron chi connectivity index (χ2n) is 6.54. The number of rotatable bonds is 3. The molecule has 0 unspecified atom stereocenters. The highest BCUT2D eigenvalue weighted by molar-refractivity contribution is 5.34. The summed E-state index contributed by atoms with van der Waals surface area (Å²) in [4.78, 5) is 2.32. The molecule has 4 rings (SSSR count). The number of halogens is 1. The number of aromatic nitrogens is 1. The van der Waals surface area contributed by atoms with E-state index < -0.39 is 0 Å². The van der Waals surface area contributed by atoms with Gasteiger partial charge in [0, 0.05) is 37.1 Å². The fourth-order valence-corrected chi connectivity index (χ4v) is 3.73. The lowest BCUT2D eigenvalue weighted by atomic mass is 10.0. The van der Waals surface area contributed by atoms with Gasteiger partial charge in [0.25, 0.3) is 0 Å².